The molecule has 4 rings (SSSR count). The van der Waals surface area contributed by atoms with Gasteiger partial charge in [0.05, 0.1) is 34.1 Å². The Morgan fingerprint density at radius 3 is 2.52 bits per heavy atom. The number of nitrogens with one attached hydrogen (secondary N) is 1. The maximum absolute atomic E-state index is 14.8. The number of benzene rings is 2. The second kappa shape index (κ2) is 8.48. The van der Waals surface area contributed by atoms with E-state index in [2.05, 4.69) is 9.83 Å². The van der Waals surface area contributed by atoms with E-state index in [0.717, 1.165) is 24.0 Å². The number of rotatable bonds is 4. The Bertz CT molecular complexity index is 1580. The average Bonchev–Trinajstić information content (AvgIpc) is 3.12. The lowest BCUT2D eigenvalue weighted by Crippen LogP contribution is -2.30. The van der Waals surface area contributed by atoms with Crippen LogP contribution in [0.4, 0.5) is 10.1 Å². The van der Waals surface area contributed by atoms with Crippen LogP contribution < -0.4 is 4.72 Å². The molecule has 166 valence electrons. The number of amides is 1. The first-order valence-corrected chi connectivity index (χ1v) is 11.9. The first kappa shape index (κ1) is 22.7. The van der Waals surface area contributed by atoms with E-state index in [-0.39, 0.29) is 10.7 Å². The minimum absolute atomic E-state index is 0.00129. The van der Waals surface area contributed by atoms with Crippen molar-refractivity contribution in [2.24, 2.45) is 0 Å². The van der Waals surface area contributed by atoms with Crippen LogP contribution in [0.2, 0.25) is 10.0 Å². The maximum Gasteiger partial charge on any atom is 0.267 e. The zero-order chi connectivity index (χ0) is 23.9. The number of hydrogen-bond donors (Lipinski definition) is 1. The third kappa shape index (κ3) is 4.54. The van der Waals surface area contributed by atoms with E-state index in [9.17, 15) is 17.6 Å². The Morgan fingerprint density at radius 2 is 1.88 bits per heavy atom. The Balaban J connectivity index is 1.89. The highest BCUT2D eigenvalue weighted by Gasteiger charge is 2.21. The summed E-state index contributed by atoms with van der Waals surface area (Å²) >= 11 is 12.5. The van der Waals surface area contributed by atoms with Crippen LogP contribution in [0.1, 0.15) is 10.4 Å². The summed E-state index contributed by atoms with van der Waals surface area (Å²) in [5.74, 6) is -2.10. The fraction of sp³-hybridized carbons (Fsp3) is 0.0455. The molecule has 2 heterocycles. The molecule has 0 saturated carbocycles. The van der Waals surface area contributed by atoms with Crippen molar-refractivity contribution >= 4 is 55.9 Å². The number of hydrogen-bond acceptors (Lipinski definition) is 4. The number of nitrogens with zero attached hydrogens (tertiary/aromatic N) is 3. The second-order valence-electron chi connectivity index (χ2n) is 7.08. The van der Waals surface area contributed by atoms with E-state index >= 15 is 0 Å². The van der Waals surface area contributed by atoms with Crippen LogP contribution in [0.5, 0.6) is 0 Å². The van der Waals surface area contributed by atoms with Gasteiger partial charge >= 0.3 is 0 Å². The monoisotopic (exact) mass is 502 g/mol. The first-order valence-electron chi connectivity index (χ1n) is 9.23. The Morgan fingerprint density at radius 1 is 1.18 bits per heavy atom. The number of aromatic nitrogens is 2. The Labute approximate surface area is 198 Å². The van der Waals surface area contributed by atoms with Crippen LogP contribution in [-0.2, 0) is 10.0 Å². The van der Waals surface area contributed by atoms with Crippen molar-refractivity contribution in [2.45, 2.75) is 0 Å². The average molecular weight is 503 g/mol. The van der Waals surface area contributed by atoms with Crippen molar-refractivity contribution in [1.82, 2.24) is 14.3 Å². The molecule has 7 nitrogen and oxygen atoms in total. The molecule has 0 atom stereocenters. The third-order valence-corrected chi connectivity index (χ3v) is 5.80. The molecule has 0 bridgehead atoms. The van der Waals surface area contributed by atoms with Crippen molar-refractivity contribution in [3.05, 3.63) is 87.7 Å². The first-order chi connectivity index (χ1) is 15.6. The van der Waals surface area contributed by atoms with Crippen molar-refractivity contribution in [3.63, 3.8) is 0 Å². The van der Waals surface area contributed by atoms with Crippen molar-refractivity contribution in [3.8, 4) is 16.8 Å². The highest BCUT2D eigenvalue weighted by atomic mass is 35.5. The number of sulfonamides is 1. The van der Waals surface area contributed by atoms with Gasteiger partial charge in [0.15, 0.2) is 5.69 Å². The number of halogens is 3. The predicted octanol–water partition coefficient (Wildman–Crippen LogP) is 5.38. The molecule has 0 unspecified atom stereocenters. The zero-order valence-electron chi connectivity index (χ0n) is 16.8. The molecular formula is C22H13Cl2FN4O3S. The van der Waals surface area contributed by atoms with Gasteiger partial charge in [-0.15, -0.1) is 0 Å². The molecule has 4 aromatic rings. The molecule has 0 saturated heterocycles. The molecule has 33 heavy (non-hydrogen) atoms. The number of carbonyl (C=O) groups is 1. The second-order valence-corrected chi connectivity index (χ2v) is 9.68. The topological polar surface area (TPSA) is 85.4 Å². The summed E-state index contributed by atoms with van der Waals surface area (Å²) in [6.45, 7) is 7.12. The molecule has 0 fully saturated rings. The van der Waals surface area contributed by atoms with Crippen molar-refractivity contribution in [2.75, 3.05) is 6.26 Å². The van der Waals surface area contributed by atoms with E-state index in [0.29, 0.717) is 27.3 Å². The lowest BCUT2D eigenvalue weighted by atomic mass is 10.1. The molecule has 0 aliphatic heterocycles. The van der Waals surface area contributed by atoms with E-state index in [4.69, 9.17) is 29.8 Å². The van der Waals surface area contributed by atoms with Gasteiger partial charge in [-0.05, 0) is 17.7 Å². The maximum atomic E-state index is 14.8. The van der Waals surface area contributed by atoms with Crippen molar-refractivity contribution < 1.29 is 17.6 Å². The summed E-state index contributed by atoms with van der Waals surface area (Å²) in [5.41, 5.74) is 2.07. The predicted molar refractivity (Wildman–Crippen MR) is 125 cm³/mol. The standard InChI is InChI=1S/C22H13Cl2FN4O3S/c1-26-14-5-3-12(4-6-14)17-11-29(21-15(17)7-13(23)10-27-21)20-9-19(25)16(8-18(20)24)22(30)28-33(2,31)32/h3-11H,2H3,(H,28,30). The van der Waals surface area contributed by atoms with Gasteiger partial charge in [-0.3, -0.25) is 9.36 Å². The highest BCUT2D eigenvalue weighted by Crippen LogP contribution is 2.36. The summed E-state index contributed by atoms with van der Waals surface area (Å²) in [5, 5.41) is 1.05. The molecule has 0 spiro atoms. The summed E-state index contributed by atoms with van der Waals surface area (Å²) < 4.78 is 40.7. The summed E-state index contributed by atoms with van der Waals surface area (Å²) in [6.07, 6.45) is 3.91. The normalized spacial score (nSPS) is 11.4. The smallest absolute Gasteiger partial charge is 0.267 e. The van der Waals surface area contributed by atoms with Gasteiger partial charge < -0.3 is 0 Å². The van der Waals surface area contributed by atoms with Crippen LogP contribution in [0.3, 0.4) is 0 Å². The minimum Gasteiger partial charge on any atom is -0.299 e. The fourth-order valence-electron chi connectivity index (χ4n) is 3.33. The van der Waals surface area contributed by atoms with E-state index in [1.807, 2.05) is 0 Å². The molecule has 1 amide bonds. The molecule has 2 aromatic heterocycles. The number of carbonyl (C=O) groups excluding carboxylic acids is 1. The van der Waals surface area contributed by atoms with Crippen molar-refractivity contribution in [1.29, 1.82) is 0 Å². The lowest BCUT2D eigenvalue weighted by Gasteiger charge is -2.11. The van der Waals surface area contributed by atoms with Gasteiger partial charge in [0.2, 0.25) is 10.0 Å². The van der Waals surface area contributed by atoms with Gasteiger partial charge in [0, 0.05) is 29.4 Å². The van der Waals surface area contributed by atoms with Crippen LogP contribution in [-0.4, -0.2) is 30.1 Å². The molecule has 0 aliphatic rings. The fourth-order valence-corrected chi connectivity index (χ4v) is 4.19. The van der Waals surface area contributed by atoms with Crippen LogP contribution in [0, 0.1) is 12.4 Å². The molecule has 11 heteroatoms. The van der Waals surface area contributed by atoms with Gasteiger partial charge in [-0.1, -0.05) is 47.5 Å². The highest BCUT2D eigenvalue weighted by molar-refractivity contribution is 7.89. The molecular weight excluding hydrogens is 490 g/mol. The quantitative estimate of drug-likeness (QED) is 0.379. The third-order valence-electron chi connectivity index (χ3n) is 4.74. The Hall–Kier alpha value is -3.45. The van der Waals surface area contributed by atoms with Gasteiger partial charge in [-0.25, -0.2) is 27.4 Å². The van der Waals surface area contributed by atoms with Crippen LogP contribution in [0.25, 0.3) is 32.7 Å². The summed E-state index contributed by atoms with van der Waals surface area (Å²) in [4.78, 5) is 19.9. The van der Waals surface area contributed by atoms with Crippen LogP contribution in [0.15, 0.2) is 54.9 Å². The number of pyridine rings is 1. The SMILES string of the molecule is [C-]#[N+]c1ccc(-c2cn(-c3cc(F)c(C(=O)NS(C)(=O)=O)cc3Cl)c3ncc(Cl)cc23)cc1. The largest absolute Gasteiger partial charge is 0.299 e. The Kier molecular flexibility index (Phi) is 5.84. The zero-order valence-corrected chi connectivity index (χ0v) is 19.1. The van der Waals surface area contributed by atoms with Crippen LogP contribution >= 0.6 is 23.2 Å². The lowest BCUT2D eigenvalue weighted by molar-refractivity contribution is 0.0978. The molecule has 0 aliphatic carbocycles. The summed E-state index contributed by atoms with van der Waals surface area (Å²) in [7, 11) is -3.88. The molecule has 1 N–H and O–H groups in total. The molecule has 0 radical (unpaired) electrons. The molecule has 2 aromatic carbocycles. The van der Waals surface area contributed by atoms with E-state index in [1.165, 1.54) is 6.20 Å². The van der Waals surface area contributed by atoms with Gasteiger partial charge in [-0.2, -0.15) is 0 Å². The van der Waals surface area contributed by atoms with E-state index in [1.54, 1.807) is 45.8 Å². The van der Waals surface area contributed by atoms with E-state index < -0.39 is 27.3 Å². The number of fused-ring (bicyclic) bond motifs is 1. The van der Waals surface area contributed by atoms with Gasteiger partial charge in [0.1, 0.15) is 11.5 Å². The minimum atomic E-state index is -3.88. The summed E-state index contributed by atoms with van der Waals surface area (Å²) in [6, 6.07) is 10.7. The van der Waals surface area contributed by atoms with Gasteiger partial charge in [0.25, 0.3) is 5.91 Å².